The number of amides is 1. The third kappa shape index (κ3) is 3.72. The van der Waals surface area contributed by atoms with Crippen LogP contribution in [0.4, 0.5) is 0 Å². The number of aryl methyl sites for hydroxylation is 1. The molecule has 0 bridgehead atoms. The third-order valence-electron chi connectivity index (χ3n) is 6.09. The van der Waals surface area contributed by atoms with Crippen LogP contribution in [0, 0.1) is 12.8 Å². The van der Waals surface area contributed by atoms with Crippen molar-refractivity contribution in [1.82, 2.24) is 19.6 Å². The molecule has 5 rings (SSSR count). The zero-order chi connectivity index (χ0) is 21.4. The van der Waals surface area contributed by atoms with Gasteiger partial charge in [-0.15, -0.1) is 0 Å². The molecule has 158 valence electrons. The van der Waals surface area contributed by atoms with Gasteiger partial charge in [0, 0.05) is 25.2 Å². The number of imidazole rings is 1. The first kappa shape index (κ1) is 19.8. The Morgan fingerprint density at radius 1 is 1.13 bits per heavy atom. The van der Waals surface area contributed by atoms with E-state index in [2.05, 4.69) is 20.8 Å². The largest absolute Gasteiger partial charge is 0.360 e. The Labute approximate surface area is 185 Å². The lowest BCUT2D eigenvalue weighted by molar-refractivity contribution is 0.0682. The minimum absolute atomic E-state index is 0.0415. The molecular formula is C24H23ClN4O2. The molecule has 1 amide bonds. The van der Waals surface area contributed by atoms with E-state index in [4.69, 9.17) is 16.1 Å². The van der Waals surface area contributed by atoms with E-state index < -0.39 is 0 Å². The molecule has 1 aliphatic rings. The maximum Gasteiger partial charge on any atom is 0.259 e. The number of fused-ring (bicyclic) bond motifs is 1. The van der Waals surface area contributed by atoms with Crippen LogP contribution >= 0.6 is 11.6 Å². The quantitative estimate of drug-likeness (QED) is 0.442. The minimum Gasteiger partial charge on any atom is -0.360 e. The lowest BCUT2D eigenvalue weighted by Crippen LogP contribution is -2.39. The number of carbonyl (C=O) groups excluding carboxylic acids is 1. The molecule has 1 fully saturated rings. The van der Waals surface area contributed by atoms with Gasteiger partial charge < -0.3 is 14.0 Å². The van der Waals surface area contributed by atoms with Crippen LogP contribution in [0.15, 0.2) is 59.4 Å². The summed E-state index contributed by atoms with van der Waals surface area (Å²) in [6.07, 6.45) is 3.81. The topological polar surface area (TPSA) is 64.2 Å². The molecule has 0 aliphatic carbocycles. The van der Waals surface area contributed by atoms with Gasteiger partial charge in [-0.1, -0.05) is 47.1 Å². The van der Waals surface area contributed by atoms with E-state index in [1.807, 2.05) is 47.6 Å². The van der Waals surface area contributed by atoms with Gasteiger partial charge in [0.15, 0.2) is 0 Å². The van der Waals surface area contributed by atoms with E-state index in [9.17, 15) is 4.79 Å². The van der Waals surface area contributed by atoms with Gasteiger partial charge >= 0.3 is 0 Å². The van der Waals surface area contributed by atoms with Gasteiger partial charge in [0.25, 0.3) is 5.91 Å². The highest BCUT2D eigenvalue weighted by atomic mass is 35.5. The number of hydrogen-bond acceptors (Lipinski definition) is 4. The van der Waals surface area contributed by atoms with Crippen LogP contribution in [-0.4, -0.2) is 38.6 Å². The molecule has 0 saturated carbocycles. The highest BCUT2D eigenvalue weighted by Crippen LogP contribution is 2.32. The highest BCUT2D eigenvalue weighted by molar-refractivity contribution is 6.33. The Morgan fingerprint density at radius 2 is 1.87 bits per heavy atom. The van der Waals surface area contributed by atoms with Crippen molar-refractivity contribution in [2.45, 2.75) is 26.3 Å². The highest BCUT2D eigenvalue weighted by Gasteiger charge is 2.30. The molecule has 2 aromatic carbocycles. The SMILES string of the molecule is Cc1onc(-c2ccccc2Cl)c1C(=O)N1CCC(Cn2cnc3ccccc32)CC1. The number of piperidine rings is 1. The first-order valence-corrected chi connectivity index (χ1v) is 10.9. The standard InChI is InChI=1S/C24H23ClN4O2/c1-16-22(23(27-31-16)18-6-2-3-7-19(18)25)24(30)28-12-10-17(11-13-28)14-29-15-26-20-8-4-5-9-21(20)29/h2-9,15,17H,10-14H2,1H3. The summed E-state index contributed by atoms with van der Waals surface area (Å²) in [7, 11) is 0. The molecule has 0 atom stereocenters. The normalized spacial score (nSPS) is 15.0. The fourth-order valence-electron chi connectivity index (χ4n) is 4.37. The van der Waals surface area contributed by atoms with E-state index >= 15 is 0 Å². The first-order valence-electron chi connectivity index (χ1n) is 10.5. The Kier molecular flexibility index (Phi) is 5.24. The van der Waals surface area contributed by atoms with Crippen LogP contribution in [0.25, 0.3) is 22.3 Å². The number of nitrogens with zero attached hydrogens (tertiary/aromatic N) is 4. The molecule has 0 unspecified atom stereocenters. The van der Waals surface area contributed by atoms with E-state index in [1.54, 1.807) is 13.0 Å². The van der Waals surface area contributed by atoms with Gasteiger partial charge in [-0.3, -0.25) is 4.79 Å². The summed E-state index contributed by atoms with van der Waals surface area (Å²) >= 11 is 6.34. The fraction of sp³-hybridized carbons (Fsp3) is 0.292. The summed E-state index contributed by atoms with van der Waals surface area (Å²) in [5, 5.41) is 4.69. The van der Waals surface area contributed by atoms with Gasteiger partial charge in [-0.2, -0.15) is 0 Å². The van der Waals surface area contributed by atoms with E-state index in [1.165, 1.54) is 0 Å². The Morgan fingerprint density at radius 3 is 2.68 bits per heavy atom. The molecule has 7 heteroatoms. The zero-order valence-corrected chi connectivity index (χ0v) is 18.0. The van der Waals surface area contributed by atoms with Gasteiger partial charge in [-0.05, 0) is 43.9 Å². The van der Waals surface area contributed by atoms with Crippen molar-refractivity contribution in [2.75, 3.05) is 13.1 Å². The van der Waals surface area contributed by atoms with Crippen molar-refractivity contribution in [3.8, 4) is 11.3 Å². The maximum atomic E-state index is 13.4. The van der Waals surface area contributed by atoms with Crippen LogP contribution < -0.4 is 0 Å². The lowest BCUT2D eigenvalue weighted by atomic mass is 9.95. The summed E-state index contributed by atoms with van der Waals surface area (Å²) < 4.78 is 7.60. The first-order chi connectivity index (χ1) is 15.1. The van der Waals surface area contributed by atoms with Crippen molar-refractivity contribution in [3.63, 3.8) is 0 Å². The second-order valence-corrected chi connectivity index (χ2v) is 8.47. The second-order valence-electron chi connectivity index (χ2n) is 8.06. The van der Waals surface area contributed by atoms with Crippen LogP contribution in [0.1, 0.15) is 29.0 Å². The molecule has 1 saturated heterocycles. The van der Waals surface area contributed by atoms with Gasteiger partial charge in [0.2, 0.25) is 0 Å². The van der Waals surface area contributed by atoms with E-state index in [0.29, 0.717) is 46.6 Å². The summed E-state index contributed by atoms with van der Waals surface area (Å²) in [5.41, 5.74) is 3.91. The summed E-state index contributed by atoms with van der Waals surface area (Å²) in [6.45, 7) is 4.11. The third-order valence-corrected chi connectivity index (χ3v) is 6.42. The average Bonchev–Trinajstić information content (AvgIpc) is 3.38. The van der Waals surface area contributed by atoms with Crippen LogP contribution in [0.2, 0.25) is 5.02 Å². The number of rotatable bonds is 4. The van der Waals surface area contributed by atoms with E-state index in [0.717, 1.165) is 30.4 Å². The zero-order valence-electron chi connectivity index (χ0n) is 17.3. The Balaban J connectivity index is 1.30. The molecule has 0 spiro atoms. The van der Waals surface area contributed by atoms with Crippen molar-refractivity contribution in [2.24, 2.45) is 5.92 Å². The summed E-state index contributed by atoms with van der Waals surface area (Å²) in [5.74, 6) is 0.986. The molecule has 4 aromatic rings. The minimum atomic E-state index is -0.0415. The Hall–Kier alpha value is -3.12. The van der Waals surface area contributed by atoms with Gasteiger partial charge in [-0.25, -0.2) is 4.98 Å². The monoisotopic (exact) mass is 434 g/mol. The maximum absolute atomic E-state index is 13.4. The number of para-hydroxylation sites is 2. The number of likely N-dealkylation sites (tertiary alicyclic amines) is 1. The second kappa shape index (κ2) is 8.19. The summed E-state index contributed by atoms with van der Waals surface area (Å²) in [4.78, 5) is 19.7. The Bertz CT molecular complexity index is 1240. The molecule has 0 N–H and O–H groups in total. The fourth-order valence-corrected chi connectivity index (χ4v) is 4.60. The molecule has 0 radical (unpaired) electrons. The molecule has 3 heterocycles. The average molecular weight is 435 g/mol. The van der Waals surface area contributed by atoms with Crippen molar-refractivity contribution >= 4 is 28.5 Å². The van der Waals surface area contributed by atoms with Crippen LogP contribution in [0.5, 0.6) is 0 Å². The number of hydrogen-bond donors (Lipinski definition) is 0. The molecule has 31 heavy (non-hydrogen) atoms. The van der Waals surface area contributed by atoms with Crippen molar-refractivity contribution < 1.29 is 9.32 Å². The molecular weight excluding hydrogens is 412 g/mol. The van der Waals surface area contributed by atoms with Crippen molar-refractivity contribution in [1.29, 1.82) is 0 Å². The summed E-state index contributed by atoms with van der Waals surface area (Å²) in [6, 6.07) is 15.6. The van der Waals surface area contributed by atoms with E-state index in [-0.39, 0.29) is 5.91 Å². The lowest BCUT2D eigenvalue weighted by Gasteiger charge is -2.32. The molecule has 1 aliphatic heterocycles. The number of carbonyl (C=O) groups is 1. The predicted octanol–water partition coefficient (Wildman–Crippen LogP) is 5.21. The predicted molar refractivity (Wildman–Crippen MR) is 120 cm³/mol. The smallest absolute Gasteiger partial charge is 0.259 e. The number of benzene rings is 2. The molecule has 6 nitrogen and oxygen atoms in total. The molecule has 2 aromatic heterocycles. The van der Waals surface area contributed by atoms with Crippen LogP contribution in [0.3, 0.4) is 0 Å². The number of halogens is 1. The number of aromatic nitrogens is 3. The van der Waals surface area contributed by atoms with Gasteiger partial charge in [0.1, 0.15) is 17.0 Å². The van der Waals surface area contributed by atoms with Crippen molar-refractivity contribution in [3.05, 3.63) is 71.2 Å². The van der Waals surface area contributed by atoms with Crippen LogP contribution in [-0.2, 0) is 6.54 Å². The van der Waals surface area contributed by atoms with Gasteiger partial charge in [0.05, 0.1) is 22.4 Å².